The highest BCUT2D eigenvalue weighted by atomic mass is 16.2. The Morgan fingerprint density at radius 3 is 2.86 bits per heavy atom. The Labute approximate surface area is 164 Å². The van der Waals surface area contributed by atoms with Crippen molar-refractivity contribution in [3.63, 3.8) is 0 Å². The van der Waals surface area contributed by atoms with Crippen molar-refractivity contribution in [2.24, 2.45) is 7.05 Å². The standard InChI is InChI=1S/C21H26N6O/c1-15-5-7-16(8-6-15)18-12-22-25-21(18)17-4-3-11-27(13-17)20(28)10-9-19-24-23-14-26(19)2/h5-8,12,14,17H,3-4,9-11,13H2,1-2H3,(H,22,25)/t17-/m0/s1. The molecule has 0 saturated carbocycles. The van der Waals surface area contributed by atoms with Crippen LogP contribution in [-0.4, -0.2) is 48.9 Å². The van der Waals surface area contributed by atoms with Gasteiger partial charge in [0.1, 0.15) is 12.2 Å². The van der Waals surface area contributed by atoms with Gasteiger partial charge in [0.2, 0.25) is 5.91 Å². The number of amides is 1. The number of hydrogen-bond acceptors (Lipinski definition) is 4. The van der Waals surface area contributed by atoms with E-state index < -0.39 is 0 Å². The van der Waals surface area contributed by atoms with E-state index in [9.17, 15) is 4.79 Å². The molecule has 28 heavy (non-hydrogen) atoms. The number of piperidine rings is 1. The first kappa shape index (κ1) is 18.4. The molecule has 0 spiro atoms. The van der Waals surface area contributed by atoms with Gasteiger partial charge in [-0.15, -0.1) is 10.2 Å². The second-order valence-corrected chi connectivity index (χ2v) is 7.60. The lowest BCUT2D eigenvalue weighted by molar-refractivity contribution is -0.132. The Kier molecular flexibility index (Phi) is 5.23. The van der Waals surface area contributed by atoms with Crippen molar-refractivity contribution >= 4 is 5.91 Å². The third-order valence-electron chi connectivity index (χ3n) is 5.58. The molecule has 4 rings (SSSR count). The van der Waals surface area contributed by atoms with Gasteiger partial charge in [0.15, 0.2) is 0 Å². The molecule has 2 aromatic heterocycles. The minimum Gasteiger partial charge on any atom is -0.342 e. The zero-order valence-electron chi connectivity index (χ0n) is 16.4. The average molecular weight is 378 g/mol. The molecule has 0 bridgehead atoms. The number of rotatable bonds is 5. The number of H-pyrrole nitrogens is 1. The van der Waals surface area contributed by atoms with Gasteiger partial charge < -0.3 is 9.47 Å². The van der Waals surface area contributed by atoms with E-state index in [1.807, 2.05) is 22.7 Å². The van der Waals surface area contributed by atoms with Gasteiger partial charge in [0.05, 0.1) is 6.20 Å². The number of nitrogens with one attached hydrogen (secondary N) is 1. The Hall–Kier alpha value is -2.96. The summed E-state index contributed by atoms with van der Waals surface area (Å²) in [5, 5.41) is 15.4. The van der Waals surface area contributed by atoms with Crippen LogP contribution in [0.25, 0.3) is 11.1 Å². The molecule has 3 heterocycles. The summed E-state index contributed by atoms with van der Waals surface area (Å²) in [4.78, 5) is 14.7. The van der Waals surface area contributed by atoms with Crippen LogP contribution in [-0.2, 0) is 18.3 Å². The summed E-state index contributed by atoms with van der Waals surface area (Å²) in [7, 11) is 1.90. The van der Waals surface area contributed by atoms with Crippen LogP contribution in [0, 0.1) is 6.92 Å². The Bertz CT molecular complexity index is 942. The predicted molar refractivity (Wildman–Crippen MR) is 107 cm³/mol. The van der Waals surface area contributed by atoms with Gasteiger partial charge in [-0.2, -0.15) is 5.10 Å². The summed E-state index contributed by atoms with van der Waals surface area (Å²) in [5.41, 5.74) is 4.68. The molecule has 3 aromatic rings. The normalized spacial score (nSPS) is 17.1. The minimum atomic E-state index is 0.184. The van der Waals surface area contributed by atoms with E-state index in [4.69, 9.17) is 0 Å². The van der Waals surface area contributed by atoms with Crippen LogP contribution in [0.4, 0.5) is 0 Å². The monoisotopic (exact) mass is 378 g/mol. The van der Waals surface area contributed by atoms with Crippen molar-refractivity contribution < 1.29 is 4.79 Å². The molecule has 1 aliphatic rings. The van der Waals surface area contributed by atoms with Crippen LogP contribution in [0.5, 0.6) is 0 Å². The molecule has 146 valence electrons. The Balaban J connectivity index is 1.44. The zero-order valence-corrected chi connectivity index (χ0v) is 16.4. The molecule has 0 unspecified atom stereocenters. The molecule has 1 saturated heterocycles. The maximum absolute atomic E-state index is 12.8. The molecule has 7 nitrogen and oxygen atoms in total. The van der Waals surface area contributed by atoms with Crippen molar-refractivity contribution in [2.45, 2.75) is 38.5 Å². The summed E-state index contributed by atoms with van der Waals surface area (Å²) in [5.74, 6) is 1.31. The molecular weight excluding hydrogens is 352 g/mol. The largest absolute Gasteiger partial charge is 0.342 e. The average Bonchev–Trinajstić information content (AvgIpc) is 3.36. The highest BCUT2D eigenvalue weighted by Crippen LogP contribution is 2.33. The molecule has 7 heteroatoms. The number of aryl methyl sites for hydroxylation is 3. The molecule has 1 N–H and O–H groups in total. The quantitative estimate of drug-likeness (QED) is 0.740. The third-order valence-corrected chi connectivity index (χ3v) is 5.58. The number of aromatic nitrogens is 5. The van der Waals surface area contributed by atoms with Gasteiger partial charge in [-0.3, -0.25) is 9.89 Å². The zero-order chi connectivity index (χ0) is 19.5. The second-order valence-electron chi connectivity index (χ2n) is 7.60. The lowest BCUT2D eigenvalue weighted by Crippen LogP contribution is -2.39. The molecule has 1 fully saturated rings. The first-order valence-electron chi connectivity index (χ1n) is 9.83. The SMILES string of the molecule is Cc1ccc(-c2cn[nH]c2[C@H]2CCCN(C(=O)CCc3nncn3C)C2)cc1. The highest BCUT2D eigenvalue weighted by Gasteiger charge is 2.27. The number of benzene rings is 1. The molecule has 1 aliphatic heterocycles. The Morgan fingerprint density at radius 1 is 1.29 bits per heavy atom. The first-order chi connectivity index (χ1) is 13.6. The van der Waals surface area contributed by atoms with Crippen LogP contribution in [0.3, 0.4) is 0 Å². The molecule has 1 aromatic carbocycles. The third kappa shape index (κ3) is 3.83. The minimum absolute atomic E-state index is 0.184. The van der Waals surface area contributed by atoms with Crippen LogP contribution < -0.4 is 0 Å². The highest BCUT2D eigenvalue weighted by molar-refractivity contribution is 5.76. The number of nitrogens with zero attached hydrogens (tertiary/aromatic N) is 5. The number of aromatic amines is 1. The summed E-state index contributed by atoms with van der Waals surface area (Å²) in [6.07, 6.45) is 6.72. The lowest BCUT2D eigenvalue weighted by Gasteiger charge is -2.33. The number of hydrogen-bond donors (Lipinski definition) is 1. The van der Waals surface area contributed by atoms with Crippen LogP contribution in [0.15, 0.2) is 36.8 Å². The maximum Gasteiger partial charge on any atom is 0.223 e. The van der Waals surface area contributed by atoms with Crippen molar-refractivity contribution in [2.75, 3.05) is 13.1 Å². The van der Waals surface area contributed by atoms with Crippen molar-refractivity contribution in [3.05, 3.63) is 53.9 Å². The molecule has 0 radical (unpaired) electrons. The van der Waals surface area contributed by atoms with E-state index >= 15 is 0 Å². The van der Waals surface area contributed by atoms with Gasteiger partial charge >= 0.3 is 0 Å². The number of carbonyl (C=O) groups excluding carboxylic acids is 1. The van der Waals surface area contributed by atoms with E-state index in [-0.39, 0.29) is 11.8 Å². The van der Waals surface area contributed by atoms with E-state index in [0.717, 1.165) is 43.0 Å². The maximum atomic E-state index is 12.8. The smallest absolute Gasteiger partial charge is 0.223 e. The molecule has 0 aliphatic carbocycles. The topological polar surface area (TPSA) is 79.7 Å². The van der Waals surface area contributed by atoms with Gasteiger partial charge in [0, 0.05) is 50.2 Å². The van der Waals surface area contributed by atoms with E-state index in [1.165, 1.54) is 11.1 Å². The fourth-order valence-corrected chi connectivity index (χ4v) is 3.92. The van der Waals surface area contributed by atoms with Crippen molar-refractivity contribution in [1.29, 1.82) is 0 Å². The van der Waals surface area contributed by atoms with Gasteiger partial charge in [-0.25, -0.2) is 0 Å². The van der Waals surface area contributed by atoms with Crippen LogP contribution >= 0.6 is 0 Å². The molecule has 1 amide bonds. The van der Waals surface area contributed by atoms with Crippen LogP contribution in [0.1, 0.15) is 42.3 Å². The summed E-state index contributed by atoms with van der Waals surface area (Å²) >= 11 is 0. The predicted octanol–water partition coefficient (Wildman–Crippen LogP) is 2.85. The summed E-state index contributed by atoms with van der Waals surface area (Å²) in [6, 6.07) is 8.51. The lowest BCUT2D eigenvalue weighted by atomic mass is 9.90. The number of likely N-dealkylation sites (tertiary alicyclic amines) is 1. The van der Waals surface area contributed by atoms with E-state index in [0.29, 0.717) is 12.8 Å². The fraction of sp³-hybridized carbons (Fsp3) is 0.429. The van der Waals surface area contributed by atoms with Crippen LogP contribution in [0.2, 0.25) is 0 Å². The summed E-state index contributed by atoms with van der Waals surface area (Å²) in [6.45, 7) is 3.65. The van der Waals surface area contributed by atoms with Crippen molar-refractivity contribution in [1.82, 2.24) is 29.9 Å². The number of carbonyl (C=O) groups is 1. The van der Waals surface area contributed by atoms with Gasteiger partial charge in [0.25, 0.3) is 0 Å². The second kappa shape index (κ2) is 7.96. The Morgan fingerprint density at radius 2 is 2.11 bits per heavy atom. The molecular formula is C21H26N6O. The first-order valence-corrected chi connectivity index (χ1v) is 9.83. The van der Waals surface area contributed by atoms with Gasteiger partial charge in [-0.1, -0.05) is 29.8 Å². The molecule has 1 atom stereocenters. The van der Waals surface area contributed by atoms with Crippen molar-refractivity contribution in [3.8, 4) is 11.1 Å². The van der Waals surface area contributed by atoms with Gasteiger partial charge in [-0.05, 0) is 25.3 Å². The fourth-order valence-electron chi connectivity index (χ4n) is 3.92. The van der Waals surface area contributed by atoms with E-state index in [2.05, 4.69) is 51.6 Å². The van der Waals surface area contributed by atoms with E-state index in [1.54, 1.807) is 6.33 Å². The summed E-state index contributed by atoms with van der Waals surface area (Å²) < 4.78 is 1.87.